The summed E-state index contributed by atoms with van der Waals surface area (Å²) in [5.41, 5.74) is 8.94. The smallest absolute Gasteiger partial charge is 0.244 e. The van der Waals surface area contributed by atoms with Crippen molar-refractivity contribution in [2.24, 2.45) is 0 Å². The lowest BCUT2D eigenvalue weighted by atomic mass is 9.87. The maximum atomic E-state index is 14.2. The maximum absolute atomic E-state index is 14.2. The van der Waals surface area contributed by atoms with Gasteiger partial charge < -0.3 is 34.2 Å². The number of likely N-dealkylation sites (tertiary alicyclic amines) is 1. The average molecular weight is 744 g/mol. The highest BCUT2D eigenvalue weighted by Gasteiger charge is 2.39. The molecule has 1 amide bonds. The fourth-order valence-corrected chi connectivity index (χ4v) is 7.76. The van der Waals surface area contributed by atoms with Crippen LogP contribution in [0.3, 0.4) is 0 Å². The van der Waals surface area contributed by atoms with Crippen molar-refractivity contribution in [3.05, 3.63) is 95.3 Å². The molecule has 286 valence electrons. The minimum Gasteiger partial charge on any atom is -0.488 e. The van der Waals surface area contributed by atoms with Crippen LogP contribution in [0.15, 0.2) is 67.0 Å². The third-order valence-corrected chi connectivity index (χ3v) is 10.4. The molecule has 2 aromatic heterocycles. The molecule has 5 aromatic rings. The highest BCUT2D eigenvalue weighted by Crippen LogP contribution is 2.50. The minimum absolute atomic E-state index is 0.00748. The topological polar surface area (TPSA) is 132 Å². The third-order valence-electron chi connectivity index (χ3n) is 10.4. The number of terminal acetylenes is 1. The number of H-pyrrole nitrogens is 2. The Morgan fingerprint density at radius 2 is 1.45 bits per heavy atom. The zero-order chi connectivity index (χ0) is 38.5. The summed E-state index contributed by atoms with van der Waals surface area (Å²) >= 11 is 0. The van der Waals surface area contributed by atoms with E-state index >= 15 is 0 Å². The number of carbonyl (C=O) groups excluding carboxylic acids is 1. The van der Waals surface area contributed by atoms with Crippen molar-refractivity contribution < 1.29 is 24.1 Å². The molecule has 3 N–H and O–H groups in total. The van der Waals surface area contributed by atoms with Crippen molar-refractivity contribution in [3.63, 3.8) is 0 Å². The van der Waals surface area contributed by atoms with Crippen molar-refractivity contribution in [3.8, 4) is 58.0 Å². The summed E-state index contributed by atoms with van der Waals surface area (Å²) in [6.45, 7) is 8.81. The number of hydrogen-bond donors (Lipinski definition) is 3. The van der Waals surface area contributed by atoms with Gasteiger partial charge in [0, 0.05) is 66.7 Å². The predicted molar refractivity (Wildman–Crippen MR) is 211 cm³/mol. The number of amides is 1. The van der Waals surface area contributed by atoms with Gasteiger partial charge >= 0.3 is 0 Å². The normalized spacial score (nSPS) is 14.9. The van der Waals surface area contributed by atoms with Crippen molar-refractivity contribution in [1.29, 1.82) is 0 Å². The lowest BCUT2D eigenvalue weighted by Gasteiger charge is -2.44. The highest BCUT2D eigenvalue weighted by atomic mass is 16.5. The summed E-state index contributed by atoms with van der Waals surface area (Å²) in [5.74, 6) is 3.25. The first-order chi connectivity index (χ1) is 27.0. The number of rotatable bonds is 15. The van der Waals surface area contributed by atoms with Gasteiger partial charge in [-0.3, -0.25) is 14.6 Å². The van der Waals surface area contributed by atoms with Crippen LogP contribution in [0.4, 0.5) is 0 Å². The number of imidazole rings is 2. The van der Waals surface area contributed by atoms with Crippen LogP contribution < -0.4 is 9.47 Å². The van der Waals surface area contributed by atoms with E-state index < -0.39 is 0 Å². The monoisotopic (exact) mass is 743 g/mol. The number of nitrogens with one attached hydrogen (secondary N) is 2. The standard InChI is InChI=1S/C41H47N7O5.C2H2/c1-4-11-46(25-49)21-36-42-17-32(44-36)27-13-29-23-53-35-16-28(14-30-24-52-34(15-27)38(29)39(30)35)33-18-43-37(45-33)22-47(12-5-2)41(50)40(26-9-7-6-8-10-26)48-19-31(20-48)51-3;1-2/h6-10,13-18,31,40,49H,4-5,11-12,19-25H2,1-3H3,(H,42,44)(H,43,45);1-2H. The van der Waals surface area contributed by atoms with Crippen LogP contribution in [-0.2, 0) is 35.8 Å². The first-order valence-electron chi connectivity index (χ1n) is 18.9. The van der Waals surface area contributed by atoms with E-state index in [1.54, 1.807) is 7.11 Å². The molecule has 1 atom stereocenters. The number of benzene rings is 3. The van der Waals surface area contributed by atoms with Gasteiger partial charge in [0.2, 0.25) is 5.91 Å². The number of methoxy groups -OCH3 is 1. The maximum Gasteiger partial charge on any atom is 0.244 e. The zero-order valence-corrected chi connectivity index (χ0v) is 31.8. The number of nitrogens with zero attached hydrogens (tertiary/aromatic N) is 5. The van der Waals surface area contributed by atoms with E-state index in [-0.39, 0.29) is 24.8 Å². The van der Waals surface area contributed by atoms with Gasteiger partial charge in [-0.2, -0.15) is 0 Å². The molecule has 55 heavy (non-hydrogen) atoms. The molecule has 3 aromatic carbocycles. The van der Waals surface area contributed by atoms with Crippen molar-refractivity contribution in [2.75, 3.05) is 40.0 Å². The molecular weight excluding hydrogens is 695 g/mol. The summed E-state index contributed by atoms with van der Waals surface area (Å²) in [6, 6.07) is 18.1. The first kappa shape index (κ1) is 37.8. The largest absolute Gasteiger partial charge is 0.488 e. The van der Waals surface area contributed by atoms with Gasteiger partial charge in [0.25, 0.3) is 0 Å². The number of aliphatic hydroxyl groups excluding tert-OH is 1. The van der Waals surface area contributed by atoms with Gasteiger partial charge in [-0.15, -0.1) is 12.8 Å². The molecule has 0 saturated carbocycles. The van der Waals surface area contributed by atoms with Gasteiger partial charge in [0.15, 0.2) is 0 Å². The summed E-state index contributed by atoms with van der Waals surface area (Å²) in [4.78, 5) is 36.5. The molecule has 0 spiro atoms. The Labute approximate surface area is 322 Å². The molecule has 0 aliphatic carbocycles. The van der Waals surface area contributed by atoms with Crippen LogP contribution in [0.2, 0.25) is 0 Å². The van der Waals surface area contributed by atoms with Crippen molar-refractivity contribution in [1.82, 2.24) is 34.6 Å². The average Bonchev–Trinajstić information content (AvgIpc) is 3.88. The molecular formula is C43H49N7O5. The van der Waals surface area contributed by atoms with E-state index in [0.29, 0.717) is 32.8 Å². The number of aliphatic hydroxyl groups is 1. The van der Waals surface area contributed by atoms with Crippen molar-refractivity contribution in [2.45, 2.75) is 65.1 Å². The minimum atomic E-state index is -0.372. The van der Waals surface area contributed by atoms with E-state index in [2.05, 4.69) is 70.8 Å². The second kappa shape index (κ2) is 16.9. The Hall–Kier alpha value is -5.45. The Morgan fingerprint density at radius 3 is 1.98 bits per heavy atom. The molecule has 1 unspecified atom stereocenters. The predicted octanol–water partition coefficient (Wildman–Crippen LogP) is 6.14. The number of aromatic amines is 2. The molecule has 5 heterocycles. The lowest BCUT2D eigenvalue weighted by molar-refractivity contribution is -0.144. The number of ether oxygens (including phenoxy) is 3. The summed E-state index contributed by atoms with van der Waals surface area (Å²) < 4.78 is 18.3. The van der Waals surface area contributed by atoms with Crippen LogP contribution >= 0.6 is 0 Å². The Bertz CT molecular complexity index is 2070. The van der Waals surface area contributed by atoms with E-state index in [1.165, 1.54) is 0 Å². The number of hydrogen-bond acceptors (Lipinski definition) is 9. The van der Waals surface area contributed by atoms with E-state index in [4.69, 9.17) is 19.2 Å². The van der Waals surface area contributed by atoms with Gasteiger partial charge in [-0.05, 0) is 42.7 Å². The summed E-state index contributed by atoms with van der Waals surface area (Å²) in [5, 5.41) is 9.70. The molecule has 0 bridgehead atoms. The molecule has 12 nitrogen and oxygen atoms in total. The van der Waals surface area contributed by atoms with Gasteiger partial charge in [-0.25, -0.2) is 9.97 Å². The fourth-order valence-electron chi connectivity index (χ4n) is 7.76. The van der Waals surface area contributed by atoms with Crippen LogP contribution in [0.1, 0.15) is 61.1 Å². The van der Waals surface area contributed by atoms with Gasteiger partial charge in [0.05, 0.1) is 49.7 Å². The van der Waals surface area contributed by atoms with Gasteiger partial charge in [-0.1, -0.05) is 44.2 Å². The SMILES string of the molecule is C#C.CCCN(CO)Cc1ncc(-c2cc3c4c(c2)OCc2cc(-c5cnc(CN(CCC)C(=O)C(c6ccccc6)N6CC(OC)C6)[nH]5)cc(c2-4)OC3)[nH]1. The molecule has 0 radical (unpaired) electrons. The molecule has 3 aliphatic rings. The molecule has 1 fully saturated rings. The molecule has 3 aliphatic heterocycles. The van der Waals surface area contributed by atoms with Crippen LogP contribution in [0.5, 0.6) is 11.5 Å². The second-order valence-electron chi connectivity index (χ2n) is 14.2. The lowest BCUT2D eigenvalue weighted by Crippen LogP contribution is -2.56. The molecule has 12 heteroatoms. The van der Waals surface area contributed by atoms with Crippen LogP contribution in [0.25, 0.3) is 33.6 Å². The van der Waals surface area contributed by atoms with Gasteiger partial charge in [0.1, 0.15) is 42.4 Å². The van der Waals surface area contributed by atoms with E-state index in [9.17, 15) is 9.90 Å². The summed E-state index contributed by atoms with van der Waals surface area (Å²) in [6.07, 6.45) is 13.6. The summed E-state index contributed by atoms with van der Waals surface area (Å²) in [7, 11) is 1.73. The van der Waals surface area contributed by atoms with Crippen molar-refractivity contribution >= 4 is 5.91 Å². The molecule has 8 rings (SSSR count). The third kappa shape index (κ3) is 7.74. The molecule has 1 saturated heterocycles. The second-order valence-corrected chi connectivity index (χ2v) is 14.2. The number of carbonyl (C=O) groups is 1. The van der Waals surface area contributed by atoms with E-state index in [0.717, 1.165) is 106 Å². The number of aromatic nitrogens is 4. The highest BCUT2D eigenvalue weighted by molar-refractivity contribution is 5.88. The van der Waals surface area contributed by atoms with Crippen LogP contribution in [0, 0.1) is 12.8 Å². The first-order valence-corrected chi connectivity index (χ1v) is 18.9. The fraction of sp³-hybridized carbons (Fsp3) is 0.372. The Balaban J connectivity index is 0.00000229. The quantitative estimate of drug-likeness (QED) is 0.0855. The van der Waals surface area contributed by atoms with E-state index in [1.807, 2.05) is 52.5 Å². The van der Waals surface area contributed by atoms with Crippen LogP contribution in [-0.4, -0.2) is 91.8 Å². The zero-order valence-electron chi connectivity index (χ0n) is 31.8. The Morgan fingerprint density at radius 1 is 0.891 bits per heavy atom. The Kier molecular flexibility index (Phi) is 11.6.